The van der Waals surface area contributed by atoms with Gasteiger partial charge in [0.1, 0.15) is 34.4 Å². The molecule has 36 heavy (non-hydrogen) atoms. The Kier molecular flexibility index (Phi) is 5.66. The van der Waals surface area contributed by atoms with E-state index in [0.717, 1.165) is 30.5 Å². The summed E-state index contributed by atoms with van der Waals surface area (Å²) in [6.45, 7) is 1.89. The molecule has 2 aliphatic rings. The number of rotatable bonds is 5. The normalized spacial score (nSPS) is 20.4. The highest BCUT2D eigenvalue weighted by molar-refractivity contribution is 5.87. The largest absolute Gasteiger partial charge is 0.373 e. The van der Waals surface area contributed by atoms with Crippen LogP contribution in [0.3, 0.4) is 0 Å². The molecule has 11 heteroatoms. The van der Waals surface area contributed by atoms with Crippen molar-refractivity contribution in [2.75, 3.05) is 6.61 Å². The molecule has 4 heterocycles. The number of aromatic nitrogens is 6. The Morgan fingerprint density at radius 2 is 1.89 bits per heavy atom. The highest BCUT2D eigenvalue weighted by Crippen LogP contribution is 2.40. The number of aryl methyl sites for hydroxylation is 1. The lowest BCUT2D eigenvalue weighted by atomic mass is 9.92. The summed E-state index contributed by atoms with van der Waals surface area (Å²) >= 11 is 0. The van der Waals surface area contributed by atoms with Crippen LogP contribution in [0.5, 0.6) is 0 Å². The van der Waals surface area contributed by atoms with Gasteiger partial charge in [-0.1, -0.05) is 0 Å². The van der Waals surface area contributed by atoms with E-state index in [4.69, 9.17) is 4.74 Å². The third-order valence-electron chi connectivity index (χ3n) is 6.72. The smallest absolute Gasteiger partial charge is 0.282 e. The van der Waals surface area contributed by atoms with Crippen LogP contribution >= 0.6 is 0 Å². The number of fused-ring (bicyclic) bond motifs is 1. The minimum Gasteiger partial charge on any atom is -0.373 e. The van der Waals surface area contributed by atoms with Crippen molar-refractivity contribution in [2.45, 2.75) is 57.1 Å². The van der Waals surface area contributed by atoms with Crippen molar-refractivity contribution < 1.29 is 22.3 Å². The Morgan fingerprint density at radius 1 is 1.06 bits per heavy atom. The Bertz CT molecular complexity index is 1450. The Morgan fingerprint density at radius 3 is 2.64 bits per heavy atom. The highest BCUT2D eigenvalue weighted by Gasteiger charge is 2.31. The van der Waals surface area contributed by atoms with Gasteiger partial charge in [0.05, 0.1) is 24.0 Å². The van der Waals surface area contributed by atoms with Gasteiger partial charge in [0.2, 0.25) is 0 Å². The van der Waals surface area contributed by atoms with E-state index in [1.165, 1.54) is 13.0 Å². The zero-order chi connectivity index (χ0) is 25.0. The number of benzene rings is 1. The van der Waals surface area contributed by atoms with Crippen LogP contribution in [0.15, 0.2) is 30.6 Å². The molecule has 2 atom stereocenters. The number of hydrogen-bond acceptors (Lipinski definition) is 6. The topological polar surface area (TPSA) is 78.6 Å². The van der Waals surface area contributed by atoms with Gasteiger partial charge >= 0.3 is 0 Å². The molecule has 0 radical (unpaired) electrons. The zero-order valence-electron chi connectivity index (χ0n) is 19.3. The van der Waals surface area contributed by atoms with E-state index in [-0.39, 0.29) is 40.1 Å². The van der Waals surface area contributed by atoms with Crippen molar-refractivity contribution in [1.82, 2.24) is 29.7 Å². The monoisotopic (exact) mass is 498 g/mol. The van der Waals surface area contributed by atoms with Gasteiger partial charge < -0.3 is 4.74 Å². The molecular formula is C25H22F4N6O. The second-order valence-electron chi connectivity index (χ2n) is 9.29. The predicted octanol–water partition coefficient (Wildman–Crippen LogP) is 5.78. The van der Waals surface area contributed by atoms with Crippen LogP contribution in [0.2, 0.25) is 0 Å². The van der Waals surface area contributed by atoms with E-state index in [9.17, 15) is 17.6 Å². The molecule has 1 aromatic carbocycles. The molecule has 4 aromatic rings. The first-order chi connectivity index (χ1) is 17.4. The predicted molar refractivity (Wildman–Crippen MR) is 121 cm³/mol. The van der Waals surface area contributed by atoms with Crippen LogP contribution in [-0.2, 0) is 4.74 Å². The van der Waals surface area contributed by atoms with E-state index >= 15 is 0 Å². The van der Waals surface area contributed by atoms with Crippen LogP contribution in [0.25, 0.3) is 22.4 Å². The zero-order valence-corrected chi connectivity index (χ0v) is 19.3. The van der Waals surface area contributed by atoms with E-state index < -0.39 is 23.8 Å². The summed E-state index contributed by atoms with van der Waals surface area (Å²) in [6.07, 6.45) is 4.16. The summed E-state index contributed by atoms with van der Waals surface area (Å²) in [5.74, 6) is -1.40. The van der Waals surface area contributed by atoms with Gasteiger partial charge in [-0.25, -0.2) is 37.5 Å². The van der Waals surface area contributed by atoms with Crippen LogP contribution in [-0.4, -0.2) is 36.3 Å². The van der Waals surface area contributed by atoms with Gasteiger partial charge in [-0.3, -0.25) is 4.68 Å². The van der Waals surface area contributed by atoms with Gasteiger partial charge in [0.25, 0.3) is 6.43 Å². The second-order valence-corrected chi connectivity index (χ2v) is 9.29. The molecule has 6 rings (SSSR count). The van der Waals surface area contributed by atoms with Crippen molar-refractivity contribution in [2.24, 2.45) is 0 Å². The summed E-state index contributed by atoms with van der Waals surface area (Å²) < 4.78 is 63.5. The van der Waals surface area contributed by atoms with Crippen molar-refractivity contribution in [1.29, 1.82) is 0 Å². The first-order valence-corrected chi connectivity index (χ1v) is 11.8. The quantitative estimate of drug-likeness (QED) is 0.325. The summed E-state index contributed by atoms with van der Waals surface area (Å²) in [5, 5.41) is 4.45. The van der Waals surface area contributed by atoms with Crippen LogP contribution in [0.1, 0.15) is 72.9 Å². The van der Waals surface area contributed by atoms with E-state index in [1.807, 2.05) is 17.1 Å². The molecule has 1 saturated carbocycles. The first kappa shape index (κ1) is 23.0. The van der Waals surface area contributed by atoms with Crippen LogP contribution in [0, 0.1) is 18.6 Å². The molecule has 0 bridgehead atoms. The third-order valence-corrected chi connectivity index (χ3v) is 6.72. The van der Waals surface area contributed by atoms with Gasteiger partial charge in [0.15, 0.2) is 5.65 Å². The number of alkyl halides is 2. The van der Waals surface area contributed by atoms with Crippen LogP contribution in [0.4, 0.5) is 17.6 Å². The van der Waals surface area contributed by atoms with Crippen molar-refractivity contribution >= 4 is 11.2 Å². The van der Waals surface area contributed by atoms with Crippen molar-refractivity contribution in [3.63, 3.8) is 0 Å². The molecule has 2 fully saturated rings. The highest BCUT2D eigenvalue weighted by atomic mass is 19.3. The molecule has 1 saturated heterocycles. The third kappa shape index (κ3) is 4.21. The minimum atomic E-state index is -2.87. The fraction of sp³-hybridized carbons (Fsp3) is 0.400. The maximum Gasteiger partial charge on any atom is 0.282 e. The molecule has 186 valence electrons. The Balaban J connectivity index is 1.43. The SMILES string of the molecule is Cc1nc2nc([C@H]3CCO[C@H](c4cnn(C5CC5)c4)C3)nc(-c3ccc(F)cc3F)c2nc1C(F)F. The summed E-state index contributed by atoms with van der Waals surface area (Å²) in [4.78, 5) is 17.5. The molecular weight excluding hydrogens is 476 g/mol. The Labute approximate surface area is 203 Å². The lowest BCUT2D eigenvalue weighted by molar-refractivity contribution is 0.00396. The summed E-state index contributed by atoms with van der Waals surface area (Å²) in [6, 6.07) is 3.48. The number of nitrogens with zero attached hydrogens (tertiary/aromatic N) is 6. The lowest BCUT2D eigenvalue weighted by Crippen LogP contribution is -2.20. The molecule has 0 amide bonds. The molecule has 3 aromatic heterocycles. The lowest BCUT2D eigenvalue weighted by Gasteiger charge is -2.28. The van der Waals surface area contributed by atoms with Crippen molar-refractivity contribution in [3.05, 3.63) is 65.0 Å². The second kappa shape index (κ2) is 8.88. The molecule has 1 aliphatic carbocycles. The summed E-state index contributed by atoms with van der Waals surface area (Å²) in [7, 11) is 0. The fourth-order valence-electron chi connectivity index (χ4n) is 4.64. The molecule has 0 unspecified atom stereocenters. The average molecular weight is 498 g/mol. The number of hydrogen-bond donors (Lipinski definition) is 0. The van der Waals surface area contributed by atoms with Gasteiger partial charge in [-0.05, 0) is 44.7 Å². The van der Waals surface area contributed by atoms with E-state index in [2.05, 4.69) is 25.0 Å². The first-order valence-electron chi connectivity index (χ1n) is 11.8. The van der Waals surface area contributed by atoms with E-state index in [0.29, 0.717) is 31.3 Å². The molecule has 0 N–H and O–H groups in total. The number of ether oxygens (including phenoxy) is 1. The van der Waals surface area contributed by atoms with Crippen LogP contribution < -0.4 is 0 Å². The molecule has 1 aliphatic heterocycles. The Hall–Kier alpha value is -3.47. The maximum atomic E-state index is 14.8. The van der Waals surface area contributed by atoms with Crippen molar-refractivity contribution in [3.8, 4) is 11.3 Å². The van der Waals surface area contributed by atoms with Gasteiger partial charge in [-0.2, -0.15) is 5.10 Å². The average Bonchev–Trinajstić information content (AvgIpc) is 3.59. The standard InChI is InChI=1S/C25H22F4N6O/c1-12-20(23(28)29)32-22-21(17-5-2-15(26)9-18(17)27)33-24(34-25(22)31-12)13-6-7-36-19(8-13)14-10-30-35(11-14)16-3-4-16/h2,5,9-11,13,16,19,23H,3-4,6-8H2,1H3/t13-,19-/m0/s1. The number of halogens is 4. The molecule has 0 spiro atoms. The fourth-order valence-corrected chi connectivity index (χ4v) is 4.64. The van der Waals surface area contributed by atoms with Gasteiger partial charge in [0, 0.05) is 35.9 Å². The minimum absolute atomic E-state index is 0.00601. The molecule has 7 nitrogen and oxygen atoms in total. The maximum absolute atomic E-state index is 14.8. The van der Waals surface area contributed by atoms with E-state index in [1.54, 1.807) is 0 Å². The summed E-state index contributed by atoms with van der Waals surface area (Å²) in [5.41, 5.74) is 0.454. The van der Waals surface area contributed by atoms with Gasteiger partial charge in [-0.15, -0.1) is 0 Å².